The van der Waals surface area contributed by atoms with Gasteiger partial charge in [0.25, 0.3) is 0 Å². The standard InChI is InChI=1S/C33H51P/c1-9-15-28(10-2)34(29-17-12-11-13-18-29)30-19-14-16-26(20-30)33-31(24(5)6)21-27(23(3)4)22-32(33)25(7)8/h14,16,19-25,28-29H,9-13,15,17-18H2,1-8H3. The Morgan fingerprint density at radius 3 is 1.91 bits per heavy atom. The van der Waals surface area contributed by atoms with E-state index in [-0.39, 0.29) is 7.92 Å². The van der Waals surface area contributed by atoms with E-state index in [1.165, 1.54) is 79.2 Å². The molecule has 34 heavy (non-hydrogen) atoms. The first kappa shape index (κ1) is 27.5. The molecule has 0 heterocycles. The van der Waals surface area contributed by atoms with Crippen molar-refractivity contribution >= 4 is 13.2 Å². The van der Waals surface area contributed by atoms with Gasteiger partial charge in [0.2, 0.25) is 0 Å². The lowest BCUT2D eigenvalue weighted by Crippen LogP contribution is -2.24. The quantitative estimate of drug-likeness (QED) is 0.298. The second-order valence-corrected chi connectivity index (χ2v) is 14.4. The molecule has 0 saturated heterocycles. The van der Waals surface area contributed by atoms with Gasteiger partial charge in [-0.3, -0.25) is 0 Å². The van der Waals surface area contributed by atoms with Crippen LogP contribution in [0.3, 0.4) is 0 Å². The summed E-state index contributed by atoms with van der Waals surface area (Å²) in [6.45, 7) is 19.0. The van der Waals surface area contributed by atoms with Crippen molar-refractivity contribution < 1.29 is 0 Å². The summed E-state index contributed by atoms with van der Waals surface area (Å²) in [5.74, 6) is 1.62. The first-order valence-corrected chi connectivity index (χ1v) is 15.8. The third-order valence-corrected chi connectivity index (χ3v) is 11.6. The predicted molar refractivity (Wildman–Crippen MR) is 157 cm³/mol. The minimum Gasteiger partial charge on any atom is -0.0689 e. The molecule has 0 amide bonds. The first-order chi connectivity index (χ1) is 16.3. The van der Waals surface area contributed by atoms with Crippen molar-refractivity contribution in [1.82, 2.24) is 0 Å². The van der Waals surface area contributed by atoms with E-state index in [9.17, 15) is 0 Å². The van der Waals surface area contributed by atoms with E-state index in [0.717, 1.165) is 11.3 Å². The summed E-state index contributed by atoms with van der Waals surface area (Å²) in [4.78, 5) is 0. The molecule has 2 atom stereocenters. The lowest BCUT2D eigenvalue weighted by molar-refractivity contribution is 0.508. The molecule has 0 nitrogen and oxygen atoms in total. The zero-order valence-corrected chi connectivity index (χ0v) is 24.3. The third-order valence-electron chi connectivity index (χ3n) is 8.02. The fourth-order valence-electron chi connectivity index (χ4n) is 6.06. The molecule has 0 aromatic heterocycles. The van der Waals surface area contributed by atoms with Gasteiger partial charge in [-0.2, -0.15) is 0 Å². The molecule has 0 spiro atoms. The summed E-state index contributed by atoms with van der Waals surface area (Å²) in [7, 11) is -0.116. The van der Waals surface area contributed by atoms with Crippen LogP contribution in [-0.4, -0.2) is 11.3 Å². The number of rotatable bonds is 10. The zero-order chi connectivity index (χ0) is 24.8. The molecule has 2 unspecified atom stereocenters. The Hall–Kier alpha value is -1.13. The lowest BCUT2D eigenvalue weighted by atomic mass is 9.82. The molecule has 0 bridgehead atoms. The molecular weight excluding hydrogens is 427 g/mol. The molecule has 0 aliphatic heterocycles. The van der Waals surface area contributed by atoms with Crippen LogP contribution in [0.5, 0.6) is 0 Å². The van der Waals surface area contributed by atoms with Gasteiger partial charge in [-0.15, -0.1) is 0 Å². The summed E-state index contributed by atoms with van der Waals surface area (Å²) < 4.78 is 0. The van der Waals surface area contributed by atoms with Gasteiger partial charge >= 0.3 is 0 Å². The van der Waals surface area contributed by atoms with E-state index >= 15 is 0 Å². The average Bonchev–Trinajstić information content (AvgIpc) is 2.83. The van der Waals surface area contributed by atoms with Gasteiger partial charge < -0.3 is 0 Å². The summed E-state index contributed by atoms with van der Waals surface area (Å²) in [6, 6.07) is 14.9. The highest BCUT2D eigenvalue weighted by Crippen LogP contribution is 2.53. The minimum absolute atomic E-state index is 0.116. The maximum absolute atomic E-state index is 2.64. The number of benzene rings is 2. The van der Waals surface area contributed by atoms with Crippen LogP contribution in [0.25, 0.3) is 11.1 Å². The second-order valence-electron chi connectivity index (χ2n) is 11.6. The molecule has 1 aliphatic rings. The van der Waals surface area contributed by atoms with Crippen LogP contribution in [0.15, 0.2) is 36.4 Å². The van der Waals surface area contributed by atoms with Crippen LogP contribution in [0.2, 0.25) is 0 Å². The van der Waals surface area contributed by atoms with Gasteiger partial charge in [-0.05, 0) is 93.9 Å². The van der Waals surface area contributed by atoms with Gasteiger partial charge in [0.1, 0.15) is 0 Å². The zero-order valence-electron chi connectivity index (χ0n) is 23.5. The molecular formula is C33H51P. The maximum atomic E-state index is 2.64. The summed E-state index contributed by atoms with van der Waals surface area (Å²) in [5.41, 5.74) is 9.35. The van der Waals surface area contributed by atoms with Gasteiger partial charge in [0, 0.05) is 0 Å². The Bertz CT molecular complexity index is 867. The highest BCUT2D eigenvalue weighted by atomic mass is 31.1. The number of hydrogen-bond acceptors (Lipinski definition) is 0. The SMILES string of the molecule is CCCC(CC)P(c1cccc(-c2c(C(C)C)cc(C(C)C)cc2C(C)C)c1)C1CCCCC1. The fourth-order valence-corrected chi connectivity index (χ4v) is 9.90. The average molecular weight is 479 g/mol. The Morgan fingerprint density at radius 2 is 1.41 bits per heavy atom. The normalized spacial score (nSPS) is 17.0. The molecule has 2 aromatic rings. The molecule has 1 fully saturated rings. The van der Waals surface area contributed by atoms with Gasteiger partial charge in [0.05, 0.1) is 0 Å². The molecule has 188 valence electrons. The van der Waals surface area contributed by atoms with Gasteiger partial charge in [-0.25, -0.2) is 0 Å². The van der Waals surface area contributed by atoms with Crippen LogP contribution >= 0.6 is 7.92 Å². The van der Waals surface area contributed by atoms with Crippen molar-refractivity contribution in [2.24, 2.45) is 0 Å². The van der Waals surface area contributed by atoms with E-state index in [2.05, 4.69) is 91.8 Å². The Kier molecular flexibility index (Phi) is 10.3. The molecule has 1 heteroatoms. The minimum atomic E-state index is -0.116. The predicted octanol–water partition coefficient (Wildman–Crippen LogP) is 10.7. The number of hydrogen-bond donors (Lipinski definition) is 0. The largest absolute Gasteiger partial charge is 0.0689 e. The third kappa shape index (κ3) is 6.35. The summed E-state index contributed by atoms with van der Waals surface area (Å²) in [6.07, 6.45) is 11.3. The van der Waals surface area contributed by atoms with Crippen LogP contribution < -0.4 is 5.30 Å². The Labute approximate surface area is 213 Å². The van der Waals surface area contributed by atoms with Crippen LogP contribution in [0.1, 0.15) is 141 Å². The molecule has 3 rings (SSSR count). The van der Waals surface area contributed by atoms with Crippen LogP contribution in [-0.2, 0) is 0 Å². The summed E-state index contributed by atoms with van der Waals surface area (Å²) >= 11 is 0. The van der Waals surface area contributed by atoms with Crippen molar-refractivity contribution in [3.05, 3.63) is 53.1 Å². The molecule has 2 aromatic carbocycles. The smallest absolute Gasteiger partial charge is 0.0114 e. The second kappa shape index (κ2) is 12.7. The Balaban J connectivity index is 2.17. The van der Waals surface area contributed by atoms with Gasteiger partial charge in [0.15, 0.2) is 0 Å². The molecule has 1 aliphatic carbocycles. The van der Waals surface area contributed by atoms with E-state index < -0.39 is 0 Å². The van der Waals surface area contributed by atoms with E-state index in [0.29, 0.717) is 17.8 Å². The fraction of sp³-hybridized carbons (Fsp3) is 0.636. The maximum Gasteiger partial charge on any atom is -0.0114 e. The first-order valence-electron chi connectivity index (χ1n) is 14.3. The highest BCUT2D eigenvalue weighted by molar-refractivity contribution is 7.67. The molecule has 1 saturated carbocycles. The van der Waals surface area contributed by atoms with E-state index in [4.69, 9.17) is 0 Å². The lowest BCUT2D eigenvalue weighted by Gasteiger charge is -2.37. The highest BCUT2D eigenvalue weighted by Gasteiger charge is 2.30. The van der Waals surface area contributed by atoms with E-state index in [1.807, 2.05) is 0 Å². The van der Waals surface area contributed by atoms with Crippen molar-refractivity contribution in [3.63, 3.8) is 0 Å². The topological polar surface area (TPSA) is 0 Å². The van der Waals surface area contributed by atoms with Crippen molar-refractivity contribution in [3.8, 4) is 11.1 Å². The monoisotopic (exact) mass is 478 g/mol. The Morgan fingerprint density at radius 1 is 0.794 bits per heavy atom. The van der Waals surface area contributed by atoms with Crippen molar-refractivity contribution in [2.75, 3.05) is 0 Å². The molecule has 0 radical (unpaired) electrons. The van der Waals surface area contributed by atoms with E-state index in [1.54, 1.807) is 5.30 Å². The summed E-state index contributed by atoms with van der Waals surface area (Å²) in [5, 5.41) is 1.68. The van der Waals surface area contributed by atoms with Crippen molar-refractivity contribution in [1.29, 1.82) is 0 Å². The van der Waals surface area contributed by atoms with Crippen molar-refractivity contribution in [2.45, 2.75) is 136 Å². The van der Waals surface area contributed by atoms with Crippen LogP contribution in [0, 0.1) is 0 Å². The van der Waals surface area contributed by atoms with Crippen LogP contribution in [0.4, 0.5) is 0 Å². The molecule has 0 N–H and O–H groups in total. The van der Waals surface area contributed by atoms with Gasteiger partial charge in [-0.1, -0.05) is 119 Å².